The van der Waals surface area contributed by atoms with Crippen molar-refractivity contribution in [3.63, 3.8) is 0 Å². The molecule has 0 saturated heterocycles. The molecule has 0 rings (SSSR count). The second-order valence-corrected chi connectivity index (χ2v) is 13.3. The molecule has 0 heterocycles. The highest BCUT2D eigenvalue weighted by Gasteiger charge is 2.09. The monoisotopic (exact) mass is 629 g/mol. The van der Waals surface area contributed by atoms with E-state index in [4.69, 9.17) is 4.74 Å². The highest BCUT2D eigenvalue weighted by Crippen LogP contribution is 2.15. The van der Waals surface area contributed by atoms with Crippen LogP contribution in [0.3, 0.4) is 0 Å². The number of esters is 2. The Bertz CT molecular complexity index is 705. The van der Waals surface area contributed by atoms with Gasteiger partial charge in [-0.2, -0.15) is 0 Å². The summed E-state index contributed by atoms with van der Waals surface area (Å²) in [4.78, 5) is 23.9. The smallest absolute Gasteiger partial charge is 0.313 e. The van der Waals surface area contributed by atoms with Crippen molar-refractivity contribution in [2.24, 2.45) is 0 Å². The standard InChI is InChI=1S/C42H76O3/c1-3-5-7-9-11-13-15-17-19-20-21-22-23-24-26-28-30-32-34-36-38-40-42(44)45-41(43)39-37-35-33-31-29-27-25-18-16-14-12-10-8-6-4-2/h6,8,12,14,18,25H,3-5,7,9-11,13,15-17,19-24,26-40H2,1-2H3/b8-6-,14-12-,25-18-. The molecule has 262 valence electrons. The van der Waals surface area contributed by atoms with Crippen LogP contribution in [0.25, 0.3) is 0 Å². The van der Waals surface area contributed by atoms with Crippen molar-refractivity contribution in [2.75, 3.05) is 0 Å². The lowest BCUT2D eigenvalue weighted by Gasteiger charge is -2.05. The fraction of sp³-hybridized carbons (Fsp3) is 0.810. The summed E-state index contributed by atoms with van der Waals surface area (Å²) in [6.45, 7) is 4.45. The van der Waals surface area contributed by atoms with Gasteiger partial charge in [0.1, 0.15) is 0 Å². The Labute approximate surface area is 281 Å². The van der Waals surface area contributed by atoms with Crippen molar-refractivity contribution in [2.45, 2.75) is 219 Å². The maximum absolute atomic E-state index is 12.0. The van der Waals surface area contributed by atoms with Crippen molar-refractivity contribution in [3.05, 3.63) is 36.5 Å². The average molecular weight is 629 g/mol. The first-order valence-electron chi connectivity index (χ1n) is 19.9. The molecular weight excluding hydrogens is 552 g/mol. The van der Waals surface area contributed by atoms with E-state index in [2.05, 4.69) is 50.3 Å². The first-order valence-corrected chi connectivity index (χ1v) is 19.9. The maximum Gasteiger partial charge on any atom is 0.313 e. The van der Waals surface area contributed by atoms with Crippen LogP contribution in [-0.2, 0) is 14.3 Å². The van der Waals surface area contributed by atoms with Crippen LogP contribution in [0.15, 0.2) is 36.5 Å². The van der Waals surface area contributed by atoms with Gasteiger partial charge in [0.05, 0.1) is 0 Å². The molecule has 0 aromatic carbocycles. The molecule has 0 spiro atoms. The van der Waals surface area contributed by atoms with E-state index in [0.717, 1.165) is 57.8 Å². The van der Waals surface area contributed by atoms with Gasteiger partial charge < -0.3 is 4.74 Å². The van der Waals surface area contributed by atoms with E-state index in [1.54, 1.807) is 0 Å². The van der Waals surface area contributed by atoms with Gasteiger partial charge in [0.2, 0.25) is 0 Å². The minimum atomic E-state index is -0.343. The summed E-state index contributed by atoms with van der Waals surface area (Å²) in [6, 6.07) is 0. The van der Waals surface area contributed by atoms with Crippen molar-refractivity contribution < 1.29 is 14.3 Å². The Hall–Kier alpha value is -1.64. The van der Waals surface area contributed by atoms with Crippen LogP contribution in [0.4, 0.5) is 0 Å². The molecule has 0 amide bonds. The van der Waals surface area contributed by atoms with Gasteiger partial charge in [-0.05, 0) is 44.9 Å². The Kier molecular flexibility index (Phi) is 37.1. The molecule has 0 aliphatic carbocycles. The highest BCUT2D eigenvalue weighted by atomic mass is 16.6. The lowest BCUT2D eigenvalue weighted by atomic mass is 10.0. The molecular formula is C42H76O3. The number of carbonyl (C=O) groups excluding carboxylic acids is 2. The molecule has 45 heavy (non-hydrogen) atoms. The van der Waals surface area contributed by atoms with Crippen molar-refractivity contribution in [3.8, 4) is 0 Å². The second-order valence-electron chi connectivity index (χ2n) is 13.3. The zero-order valence-corrected chi connectivity index (χ0v) is 30.3. The van der Waals surface area contributed by atoms with Crippen LogP contribution in [-0.4, -0.2) is 11.9 Å². The summed E-state index contributed by atoms with van der Waals surface area (Å²) in [5, 5.41) is 0. The van der Waals surface area contributed by atoms with Crippen LogP contribution >= 0.6 is 0 Å². The van der Waals surface area contributed by atoms with Gasteiger partial charge >= 0.3 is 11.9 Å². The van der Waals surface area contributed by atoms with Gasteiger partial charge in [-0.1, -0.05) is 198 Å². The second kappa shape index (κ2) is 38.5. The largest absolute Gasteiger partial charge is 0.393 e. The fourth-order valence-electron chi connectivity index (χ4n) is 5.82. The molecule has 0 atom stereocenters. The lowest BCUT2D eigenvalue weighted by molar-refractivity contribution is -0.159. The van der Waals surface area contributed by atoms with Gasteiger partial charge in [0.25, 0.3) is 0 Å². The van der Waals surface area contributed by atoms with Gasteiger partial charge in [0.15, 0.2) is 0 Å². The molecule has 0 aliphatic heterocycles. The lowest BCUT2D eigenvalue weighted by Crippen LogP contribution is -2.11. The number of carbonyl (C=O) groups is 2. The molecule has 3 heteroatoms. The third-order valence-electron chi connectivity index (χ3n) is 8.74. The molecule has 3 nitrogen and oxygen atoms in total. The minimum Gasteiger partial charge on any atom is -0.393 e. The van der Waals surface area contributed by atoms with Crippen molar-refractivity contribution in [1.29, 1.82) is 0 Å². The zero-order valence-electron chi connectivity index (χ0n) is 30.3. The molecule has 0 fully saturated rings. The molecule has 0 unspecified atom stereocenters. The molecule has 0 N–H and O–H groups in total. The average Bonchev–Trinajstić information content (AvgIpc) is 3.03. The molecule has 0 saturated carbocycles. The molecule has 0 radical (unpaired) electrons. The van der Waals surface area contributed by atoms with Gasteiger partial charge in [-0.3, -0.25) is 9.59 Å². The molecule has 0 aromatic heterocycles. The van der Waals surface area contributed by atoms with Crippen LogP contribution < -0.4 is 0 Å². The van der Waals surface area contributed by atoms with E-state index in [0.29, 0.717) is 12.8 Å². The Balaban J connectivity index is 3.32. The van der Waals surface area contributed by atoms with E-state index in [1.165, 1.54) is 135 Å². The topological polar surface area (TPSA) is 43.4 Å². The fourth-order valence-corrected chi connectivity index (χ4v) is 5.82. The Morgan fingerprint density at radius 2 is 0.689 bits per heavy atom. The van der Waals surface area contributed by atoms with Crippen molar-refractivity contribution >= 4 is 11.9 Å². The summed E-state index contributed by atoms with van der Waals surface area (Å²) < 4.78 is 5.02. The summed E-state index contributed by atoms with van der Waals surface area (Å²) in [7, 11) is 0. The summed E-state index contributed by atoms with van der Waals surface area (Å²) in [5.41, 5.74) is 0. The highest BCUT2D eigenvalue weighted by molar-refractivity contribution is 5.85. The Morgan fingerprint density at radius 1 is 0.378 bits per heavy atom. The van der Waals surface area contributed by atoms with Gasteiger partial charge in [-0.15, -0.1) is 0 Å². The zero-order chi connectivity index (χ0) is 32.7. The third-order valence-corrected chi connectivity index (χ3v) is 8.74. The minimum absolute atomic E-state index is 0.336. The SMILES string of the molecule is CC/C=C\C/C=C\C/C=C\CCCCCCCC(=O)OC(=O)CCCCCCCCCCCCCCCCCCCCCCC. The summed E-state index contributed by atoms with van der Waals surface area (Å²) in [6.07, 6.45) is 52.1. The van der Waals surface area contributed by atoms with Crippen LogP contribution in [0.5, 0.6) is 0 Å². The molecule has 0 aromatic rings. The van der Waals surface area contributed by atoms with Gasteiger partial charge in [0, 0.05) is 12.8 Å². The number of allylic oxidation sites excluding steroid dienone is 6. The number of rotatable bonds is 35. The quantitative estimate of drug-likeness (QED) is 0.0303. The summed E-state index contributed by atoms with van der Waals surface area (Å²) >= 11 is 0. The third kappa shape index (κ3) is 38.5. The van der Waals surface area contributed by atoms with Crippen LogP contribution in [0, 0.1) is 0 Å². The predicted molar refractivity (Wildman–Crippen MR) is 198 cm³/mol. The van der Waals surface area contributed by atoms with Crippen LogP contribution in [0.2, 0.25) is 0 Å². The number of unbranched alkanes of at least 4 members (excludes halogenated alkanes) is 25. The van der Waals surface area contributed by atoms with Gasteiger partial charge in [-0.25, -0.2) is 0 Å². The predicted octanol–water partition coefficient (Wildman–Crippen LogP) is 14.2. The normalized spacial score (nSPS) is 11.9. The number of ether oxygens (including phenoxy) is 1. The van der Waals surface area contributed by atoms with E-state index in [-0.39, 0.29) is 11.9 Å². The summed E-state index contributed by atoms with van der Waals surface area (Å²) in [5.74, 6) is -0.679. The molecule has 0 bridgehead atoms. The first kappa shape index (κ1) is 43.4. The Morgan fingerprint density at radius 3 is 1.07 bits per heavy atom. The number of hydrogen-bond donors (Lipinski definition) is 0. The van der Waals surface area contributed by atoms with E-state index < -0.39 is 0 Å². The molecule has 0 aliphatic rings. The van der Waals surface area contributed by atoms with E-state index in [1.807, 2.05) is 0 Å². The van der Waals surface area contributed by atoms with Crippen LogP contribution in [0.1, 0.15) is 219 Å². The van der Waals surface area contributed by atoms with E-state index in [9.17, 15) is 9.59 Å². The number of hydrogen-bond acceptors (Lipinski definition) is 3. The first-order chi connectivity index (χ1) is 22.2. The maximum atomic E-state index is 12.0. The van der Waals surface area contributed by atoms with E-state index >= 15 is 0 Å². The van der Waals surface area contributed by atoms with Crippen molar-refractivity contribution in [1.82, 2.24) is 0 Å².